The lowest BCUT2D eigenvalue weighted by Crippen LogP contribution is -2.16. The van der Waals surface area contributed by atoms with Gasteiger partial charge in [0.2, 0.25) is 0 Å². The van der Waals surface area contributed by atoms with E-state index in [2.05, 4.69) is 68.4 Å². The van der Waals surface area contributed by atoms with Crippen LogP contribution in [0.25, 0.3) is 0 Å². The Morgan fingerprint density at radius 3 is 2.71 bits per heavy atom. The van der Waals surface area contributed by atoms with Gasteiger partial charge in [0.25, 0.3) is 0 Å². The van der Waals surface area contributed by atoms with E-state index < -0.39 is 0 Å². The average molecular weight is 302 g/mol. The van der Waals surface area contributed by atoms with Gasteiger partial charge >= 0.3 is 0 Å². The van der Waals surface area contributed by atoms with Crippen molar-refractivity contribution in [3.63, 3.8) is 0 Å². The van der Waals surface area contributed by atoms with Crippen LogP contribution < -0.4 is 10.2 Å². The standard InChI is InChI=1S/C18H26N2S/c1-5-9-19-12-18-11-16(15(3)21-18)13-20(4)17-8-6-7-14(2)10-17/h6-8,10-11,19H,5,9,12-13H2,1-4H3. The van der Waals surface area contributed by atoms with E-state index in [0.717, 1.165) is 19.6 Å². The van der Waals surface area contributed by atoms with Crippen LogP contribution in [0.1, 0.15) is 34.2 Å². The van der Waals surface area contributed by atoms with Gasteiger partial charge in [-0.25, -0.2) is 0 Å². The number of hydrogen-bond donors (Lipinski definition) is 1. The van der Waals surface area contributed by atoms with Crippen LogP contribution in [0.4, 0.5) is 5.69 Å². The summed E-state index contributed by atoms with van der Waals surface area (Å²) in [7, 11) is 2.17. The van der Waals surface area contributed by atoms with E-state index in [0.29, 0.717) is 0 Å². The normalized spacial score (nSPS) is 10.9. The quantitative estimate of drug-likeness (QED) is 0.758. The zero-order valence-corrected chi connectivity index (χ0v) is 14.4. The summed E-state index contributed by atoms with van der Waals surface area (Å²) in [6, 6.07) is 11.0. The molecule has 21 heavy (non-hydrogen) atoms. The highest BCUT2D eigenvalue weighted by atomic mass is 32.1. The highest BCUT2D eigenvalue weighted by Crippen LogP contribution is 2.25. The number of nitrogens with zero attached hydrogens (tertiary/aromatic N) is 1. The molecule has 3 heteroatoms. The molecule has 1 N–H and O–H groups in total. The van der Waals surface area contributed by atoms with Crippen molar-refractivity contribution in [3.05, 3.63) is 51.2 Å². The molecule has 0 amide bonds. The van der Waals surface area contributed by atoms with Crippen LogP contribution in [-0.2, 0) is 13.1 Å². The maximum absolute atomic E-state index is 3.48. The van der Waals surface area contributed by atoms with Crippen molar-refractivity contribution in [2.75, 3.05) is 18.5 Å². The lowest BCUT2D eigenvalue weighted by molar-refractivity contribution is 0.681. The lowest BCUT2D eigenvalue weighted by atomic mass is 10.2. The van der Waals surface area contributed by atoms with Gasteiger partial charge in [0.15, 0.2) is 0 Å². The van der Waals surface area contributed by atoms with E-state index in [1.54, 1.807) is 0 Å². The van der Waals surface area contributed by atoms with Crippen molar-refractivity contribution in [1.82, 2.24) is 5.32 Å². The predicted molar refractivity (Wildman–Crippen MR) is 94.3 cm³/mol. The number of nitrogens with one attached hydrogen (secondary N) is 1. The van der Waals surface area contributed by atoms with E-state index in [9.17, 15) is 0 Å². The fourth-order valence-electron chi connectivity index (χ4n) is 2.43. The fraction of sp³-hybridized carbons (Fsp3) is 0.444. The van der Waals surface area contributed by atoms with Gasteiger partial charge in [-0.3, -0.25) is 0 Å². The minimum absolute atomic E-state index is 0.972. The van der Waals surface area contributed by atoms with Crippen molar-refractivity contribution < 1.29 is 0 Å². The van der Waals surface area contributed by atoms with Gasteiger partial charge in [0.1, 0.15) is 0 Å². The van der Waals surface area contributed by atoms with Crippen molar-refractivity contribution in [1.29, 1.82) is 0 Å². The Labute approximate surface area is 132 Å². The fourth-order valence-corrected chi connectivity index (χ4v) is 3.46. The van der Waals surface area contributed by atoms with Gasteiger partial charge < -0.3 is 10.2 Å². The third kappa shape index (κ3) is 4.58. The van der Waals surface area contributed by atoms with Gasteiger partial charge in [0.05, 0.1) is 0 Å². The Bertz CT molecular complexity index is 574. The summed E-state index contributed by atoms with van der Waals surface area (Å²) in [6.07, 6.45) is 1.19. The Kier molecular flexibility index (Phi) is 5.83. The molecule has 0 fully saturated rings. The average Bonchev–Trinajstić information content (AvgIpc) is 2.79. The second kappa shape index (κ2) is 7.62. The molecule has 0 radical (unpaired) electrons. The monoisotopic (exact) mass is 302 g/mol. The summed E-state index contributed by atoms with van der Waals surface area (Å²) in [6.45, 7) is 9.63. The third-order valence-electron chi connectivity index (χ3n) is 3.65. The molecule has 0 aliphatic heterocycles. The molecule has 0 saturated carbocycles. The first-order valence-corrected chi connectivity index (χ1v) is 8.48. The first-order chi connectivity index (χ1) is 10.1. The number of benzene rings is 1. The van der Waals surface area contributed by atoms with Crippen LogP contribution in [-0.4, -0.2) is 13.6 Å². The Hall–Kier alpha value is -1.32. The molecule has 0 aliphatic rings. The van der Waals surface area contributed by atoms with Gasteiger partial charge in [-0.05, 0) is 56.1 Å². The van der Waals surface area contributed by atoms with Gasteiger partial charge in [-0.15, -0.1) is 11.3 Å². The summed E-state index contributed by atoms with van der Waals surface area (Å²) in [4.78, 5) is 5.20. The van der Waals surface area contributed by atoms with E-state index in [4.69, 9.17) is 0 Å². The zero-order valence-electron chi connectivity index (χ0n) is 13.6. The molecular formula is C18H26N2S. The summed E-state index contributed by atoms with van der Waals surface area (Å²) in [5, 5.41) is 3.48. The van der Waals surface area contributed by atoms with Gasteiger partial charge in [-0.2, -0.15) is 0 Å². The summed E-state index contributed by atoms with van der Waals surface area (Å²) >= 11 is 1.92. The largest absolute Gasteiger partial charge is 0.370 e. The van der Waals surface area contributed by atoms with Crippen molar-refractivity contribution >= 4 is 17.0 Å². The third-order valence-corrected chi connectivity index (χ3v) is 4.74. The maximum atomic E-state index is 3.48. The highest BCUT2D eigenvalue weighted by molar-refractivity contribution is 7.12. The Morgan fingerprint density at radius 1 is 1.19 bits per heavy atom. The number of aryl methyl sites for hydroxylation is 2. The lowest BCUT2D eigenvalue weighted by Gasteiger charge is -2.19. The van der Waals surface area contributed by atoms with Crippen LogP contribution in [0.3, 0.4) is 0 Å². The van der Waals surface area contributed by atoms with Crippen molar-refractivity contribution in [3.8, 4) is 0 Å². The van der Waals surface area contributed by atoms with Crippen LogP contribution in [0.5, 0.6) is 0 Å². The van der Waals surface area contributed by atoms with Crippen molar-refractivity contribution in [2.24, 2.45) is 0 Å². The Balaban J connectivity index is 2.02. The van der Waals surface area contributed by atoms with Crippen LogP contribution in [0, 0.1) is 13.8 Å². The van der Waals surface area contributed by atoms with Crippen LogP contribution in [0.15, 0.2) is 30.3 Å². The second-order valence-corrected chi connectivity index (χ2v) is 7.01. The molecule has 1 heterocycles. The molecule has 0 unspecified atom stereocenters. The zero-order chi connectivity index (χ0) is 15.2. The van der Waals surface area contributed by atoms with E-state index in [-0.39, 0.29) is 0 Å². The first kappa shape index (κ1) is 16.1. The molecule has 2 aromatic rings. The maximum Gasteiger partial charge on any atom is 0.0437 e. The molecule has 0 aliphatic carbocycles. The minimum atomic E-state index is 0.972. The molecule has 1 aromatic heterocycles. The van der Waals surface area contributed by atoms with Crippen LogP contribution in [0.2, 0.25) is 0 Å². The van der Waals surface area contributed by atoms with Crippen molar-refractivity contribution in [2.45, 2.75) is 40.3 Å². The number of rotatable bonds is 7. The molecule has 2 nitrogen and oxygen atoms in total. The molecule has 0 bridgehead atoms. The summed E-state index contributed by atoms with van der Waals surface area (Å²) in [5.41, 5.74) is 4.04. The van der Waals surface area contributed by atoms with E-state index in [1.165, 1.54) is 33.0 Å². The second-order valence-electron chi connectivity index (χ2n) is 5.67. The molecule has 0 spiro atoms. The summed E-state index contributed by atoms with van der Waals surface area (Å²) < 4.78 is 0. The predicted octanol–water partition coefficient (Wildman–Crippen LogP) is 4.50. The van der Waals surface area contributed by atoms with E-state index in [1.807, 2.05) is 11.3 Å². The Morgan fingerprint density at radius 2 is 2.00 bits per heavy atom. The molecule has 114 valence electrons. The molecular weight excluding hydrogens is 276 g/mol. The number of hydrogen-bond acceptors (Lipinski definition) is 3. The molecule has 0 atom stereocenters. The molecule has 2 rings (SSSR count). The number of thiophene rings is 1. The number of anilines is 1. The first-order valence-electron chi connectivity index (χ1n) is 7.67. The highest BCUT2D eigenvalue weighted by Gasteiger charge is 2.09. The van der Waals surface area contributed by atoms with E-state index >= 15 is 0 Å². The summed E-state index contributed by atoms with van der Waals surface area (Å²) in [5.74, 6) is 0. The topological polar surface area (TPSA) is 15.3 Å². The molecule has 1 aromatic carbocycles. The minimum Gasteiger partial charge on any atom is -0.370 e. The van der Waals surface area contributed by atoms with Gasteiger partial charge in [0, 0.05) is 35.6 Å². The van der Waals surface area contributed by atoms with Gasteiger partial charge in [-0.1, -0.05) is 19.1 Å². The smallest absolute Gasteiger partial charge is 0.0437 e. The SMILES string of the molecule is CCCNCc1cc(CN(C)c2cccc(C)c2)c(C)s1. The van der Waals surface area contributed by atoms with Crippen LogP contribution >= 0.6 is 11.3 Å². The molecule has 0 saturated heterocycles.